The number of aromatic nitrogens is 2. The zero-order chi connectivity index (χ0) is 24.1. The Balaban J connectivity index is 1.53. The number of ether oxygens (including phenoxy) is 1. The summed E-state index contributed by atoms with van der Waals surface area (Å²) in [5, 5.41) is 19.4. The third-order valence-electron chi connectivity index (χ3n) is 5.84. The molecule has 2 N–H and O–H groups in total. The lowest BCUT2D eigenvalue weighted by atomic mass is 10.1. The van der Waals surface area contributed by atoms with E-state index in [4.69, 9.17) is 4.74 Å². The first-order chi connectivity index (χ1) is 16.5. The minimum Gasteiger partial charge on any atom is -0.391 e. The summed E-state index contributed by atoms with van der Waals surface area (Å²) < 4.78 is 6.45. The maximum atomic E-state index is 12.9. The van der Waals surface area contributed by atoms with Gasteiger partial charge in [0.25, 0.3) is 5.56 Å². The fraction of sp³-hybridized carbons (Fsp3) is 0.346. The molecule has 0 bridgehead atoms. The average molecular weight is 462 g/mol. The molecule has 1 saturated heterocycles. The maximum Gasteiger partial charge on any atom is 0.261 e. The minimum absolute atomic E-state index is 0.303. The molecule has 3 aromatic rings. The number of ketones is 1. The Morgan fingerprint density at radius 1 is 1.12 bits per heavy atom. The summed E-state index contributed by atoms with van der Waals surface area (Å²) in [5.74, 6) is 5.59. The Labute approximate surface area is 197 Å². The van der Waals surface area contributed by atoms with Crippen LogP contribution in [-0.4, -0.2) is 69.5 Å². The Bertz CT molecular complexity index is 1280. The summed E-state index contributed by atoms with van der Waals surface area (Å²) in [6, 6.07) is 12.0. The van der Waals surface area contributed by atoms with Crippen LogP contribution >= 0.6 is 0 Å². The highest BCUT2D eigenvalue weighted by Gasteiger charge is 2.26. The van der Waals surface area contributed by atoms with Gasteiger partial charge >= 0.3 is 0 Å². The van der Waals surface area contributed by atoms with Gasteiger partial charge in [-0.2, -0.15) is 0 Å². The fourth-order valence-corrected chi connectivity index (χ4v) is 4.02. The van der Waals surface area contributed by atoms with Crippen LogP contribution in [0.25, 0.3) is 10.9 Å². The number of hydrogen-bond donors (Lipinski definition) is 2. The molecule has 8 heteroatoms. The number of aliphatic hydroxyl groups is 2. The fourth-order valence-electron chi connectivity index (χ4n) is 4.02. The van der Waals surface area contributed by atoms with Gasteiger partial charge < -0.3 is 14.9 Å². The zero-order valence-electron chi connectivity index (χ0n) is 19.0. The second-order valence-corrected chi connectivity index (χ2v) is 8.33. The molecular formula is C26H27N3O5. The van der Waals surface area contributed by atoms with E-state index in [0.29, 0.717) is 16.5 Å². The van der Waals surface area contributed by atoms with Crippen molar-refractivity contribution in [1.82, 2.24) is 14.5 Å². The SMILES string of the molecule is CC(O)C(C(=O)CO)n1cnc2cc(C#Cc3ccc(CN4CCOCC4)cc3)ccc2c1=O. The normalized spacial score (nSPS) is 16.0. The van der Waals surface area contributed by atoms with E-state index in [2.05, 4.69) is 33.9 Å². The zero-order valence-corrected chi connectivity index (χ0v) is 19.0. The number of morpholine rings is 1. The van der Waals surface area contributed by atoms with Crippen LogP contribution in [0.2, 0.25) is 0 Å². The Kier molecular flexibility index (Phi) is 7.50. The largest absolute Gasteiger partial charge is 0.391 e. The van der Waals surface area contributed by atoms with E-state index in [-0.39, 0.29) is 0 Å². The summed E-state index contributed by atoms with van der Waals surface area (Å²) in [6.07, 6.45) is 0.0713. The molecule has 4 rings (SSSR count). The van der Waals surface area contributed by atoms with Crippen LogP contribution < -0.4 is 5.56 Å². The van der Waals surface area contributed by atoms with Crippen molar-refractivity contribution in [2.24, 2.45) is 0 Å². The first-order valence-electron chi connectivity index (χ1n) is 11.2. The van der Waals surface area contributed by atoms with Crippen LogP contribution in [0, 0.1) is 11.8 Å². The van der Waals surface area contributed by atoms with Gasteiger partial charge in [-0.25, -0.2) is 4.98 Å². The predicted octanol–water partition coefficient (Wildman–Crippen LogP) is 1.11. The van der Waals surface area contributed by atoms with Crippen molar-refractivity contribution in [2.45, 2.75) is 25.6 Å². The molecule has 0 amide bonds. The molecule has 0 saturated carbocycles. The van der Waals surface area contributed by atoms with Gasteiger partial charge in [-0.3, -0.25) is 19.1 Å². The standard InChI is InChI=1S/C26H27N3O5/c1-18(31)25(24(32)16-30)29-17-27-23-14-20(8-9-22(23)26(29)33)5-2-19-3-6-21(7-4-19)15-28-10-12-34-13-11-28/h3-4,6-9,14,17-18,25,30-31H,10-13,15-16H2,1H3. The topological polar surface area (TPSA) is 105 Å². The Morgan fingerprint density at radius 3 is 2.47 bits per heavy atom. The molecule has 1 aliphatic heterocycles. The molecule has 2 aromatic carbocycles. The number of hydrogen-bond acceptors (Lipinski definition) is 7. The lowest BCUT2D eigenvalue weighted by Crippen LogP contribution is -2.37. The molecule has 0 radical (unpaired) electrons. The quantitative estimate of drug-likeness (QED) is 0.530. The van der Waals surface area contributed by atoms with E-state index in [0.717, 1.165) is 43.0 Å². The van der Waals surface area contributed by atoms with Crippen molar-refractivity contribution < 1.29 is 19.7 Å². The van der Waals surface area contributed by atoms with E-state index >= 15 is 0 Å². The van der Waals surface area contributed by atoms with E-state index in [1.54, 1.807) is 18.2 Å². The molecule has 2 unspecified atom stereocenters. The van der Waals surface area contributed by atoms with Gasteiger partial charge in [0.1, 0.15) is 12.6 Å². The smallest absolute Gasteiger partial charge is 0.261 e. The minimum atomic E-state index is -1.19. The molecule has 1 aliphatic rings. The van der Waals surface area contributed by atoms with Crippen molar-refractivity contribution in [2.75, 3.05) is 32.9 Å². The lowest BCUT2D eigenvalue weighted by Gasteiger charge is -2.26. The van der Waals surface area contributed by atoms with Crippen molar-refractivity contribution >= 4 is 16.7 Å². The van der Waals surface area contributed by atoms with Crippen molar-refractivity contribution in [1.29, 1.82) is 0 Å². The second kappa shape index (κ2) is 10.7. The van der Waals surface area contributed by atoms with E-state index in [9.17, 15) is 19.8 Å². The maximum absolute atomic E-state index is 12.9. The van der Waals surface area contributed by atoms with Gasteiger partial charge in [0.2, 0.25) is 0 Å². The first-order valence-corrected chi connectivity index (χ1v) is 11.2. The van der Waals surface area contributed by atoms with Crippen LogP contribution in [0.1, 0.15) is 29.7 Å². The van der Waals surface area contributed by atoms with Crippen LogP contribution in [0.3, 0.4) is 0 Å². The van der Waals surface area contributed by atoms with Crippen molar-refractivity contribution in [3.8, 4) is 11.8 Å². The highest BCUT2D eigenvalue weighted by molar-refractivity contribution is 5.85. The van der Waals surface area contributed by atoms with E-state index in [1.807, 2.05) is 12.1 Å². The van der Waals surface area contributed by atoms with Crippen LogP contribution in [0.4, 0.5) is 0 Å². The number of carbonyl (C=O) groups excluding carboxylic acids is 1. The molecule has 8 nitrogen and oxygen atoms in total. The number of benzene rings is 2. The molecule has 1 fully saturated rings. The van der Waals surface area contributed by atoms with Gasteiger partial charge in [-0.1, -0.05) is 24.0 Å². The third kappa shape index (κ3) is 5.41. The van der Waals surface area contributed by atoms with Crippen LogP contribution in [-0.2, 0) is 16.1 Å². The number of rotatable bonds is 6. The van der Waals surface area contributed by atoms with Crippen LogP contribution in [0.5, 0.6) is 0 Å². The number of carbonyl (C=O) groups is 1. The van der Waals surface area contributed by atoms with Gasteiger partial charge in [-0.15, -0.1) is 0 Å². The molecule has 2 atom stereocenters. The van der Waals surface area contributed by atoms with Gasteiger partial charge in [0, 0.05) is 30.8 Å². The Hall–Kier alpha value is -3.35. The number of nitrogens with zero attached hydrogens (tertiary/aromatic N) is 3. The third-order valence-corrected chi connectivity index (χ3v) is 5.84. The average Bonchev–Trinajstić information content (AvgIpc) is 2.85. The van der Waals surface area contributed by atoms with Gasteiger partial charge in [-0.05, 0) is 42.8 Å². The highest BCUT2D eigenvalue weighted by atomic mass is 16.5. The number of Topliss-reactive ketones (excluding diaryl/α,β-unsaturated/α-hetero) is 1. The summed E-state index contributed by atoms with van der Waals surface area (Å²) >= 11 is 0. The molecule has 2 heterocycles. The van der Waals surface area contributed by atoms with Crippen LogP contribution in [0.15, 0.2) is 53.6 Å². The molecule has 0 aliphatic carbocycles. The van der Waals surface area contributed by atoms with E-state index < -0.39 is 30.1 Å². The van der Waals surface area contributed by atoms with Gasteiger partial charge in [0.05, 0.1) is 36.5 Å². The van der Waals surface area contributed by atoms with Crippen molar-refractivity contribution in [3.63, 3.8) is 0 Å². The lowest BCUT2D eigenvalue weighted by molar-refractivity contribution is -0.128. The molecule has 0 spiro atoms. The Morgan fingerprint density at radius 2 is 1.79 bits per heavy atom. The summed E-state index contributed by atoms with van der Waals surface area (Å²) in [7, 11) is 0. The molecule has 34 heavy (non-hydrogen) atoms. The summed E-state index contributed by atoms with van der Waals surface area (Å²) in [5.41, 5.74) is 2.79. The predicted molar refractivity (Wildman–Crippen MR) is 127 cm³/mol. The molecule has 1 aromatic heterocycles. The van der Waals surface area contributed by atoms with Gasteiger partial charge in [0.15, 0.2) is 5.78 Å². The molecular weight excluding hydrogens is 434 g/mol. The number of aliphatic hydroxyl groups excluding tert-OH is 2. The summed E-state index contributed by atoms with van der Waals surface area (Å²) in [4.78, 5) is 31.6. The molecule has 176 valence electrons. The monoisotopic (exact) mass is 461 g/mol. The van der Waals surface area contributed by atoms with E-state index in [1.165, 1.54) is 18.8 Å². The first kappa shape index (κ1) is 23.8. The van der Waals surface area contributed by atoms with Crippen molar-refractivity contribution in [3.05, 3.63) is 75.8 Å². The second-order valence-electron chi connectivity index (χ2n) is 8.33. The number of fused-ring (bicyclic) bond motifs is 1. The highest BCUT2D eigenvalue weighted by Crippen LogP contribution is 2.15. The summed E-state index contributed by atoms with van der Waals surface area (Å²) in [6.45, 7) is 4.95.